The molecule has 28 heavy (non-hydrogen) atoms. The molecule has 2 fully saturated rings. The van der Waals surface area contributed by atoms with Crippen LogP contribution < -0.4 is 10.6 Å². The molecule has 2 N–H and O–H groups in total. The van der Waals surface area contributed by atoms with Crippen LogP contribution in [0.1, 0.15) is 44.0 Å². The van der Waals surface area contributed by atoms with E-state index in [9.17, 15) is 0 Å². The molecule has 1 aromatic rings. The topological polar surface area (TPSA) is 42.9 Å². The Hall–Kier alpha value is -0.380. The number of nitrogens with one attached hydrogen (secondary N) is 2. The third kappa shape index (κ3) is 7.15. The van der Waals surface area contributed by atoms with E-state index in [1.807, 2.05) is 11.3 Å². The molecule has 160 valence electrons. The van der Waals surface area contributed by atoms with E-state index in [1.54, 1.807) is 0 Å². The van der Waals surface area contributed by atoms with E-state index in [0.29, 0.717) is 6.04 Å². The zero-order valence-electron chi connectivity index (χ0n) is 17.7. The second kappa shape index (κ2) is 12.3. The second-order valence-corrected chi connectivity index (χ2v) is 9.25. The smallest absolute Gasteiger partial charge is 0.191 e. The Morgan fingerprint density at radius 1 is 1.25 bits per heavy atom. The average molecular weight is 520 g/mol. The maximum absolute atomic E-state index is 4.99. The molecule has 0 spiro atoms. The highest BCUT2D eigenvalue weighted by Gasteiger charge is 2.25. The van der Waals surface area contributed by atoms with E-state index in [-0.39, 0.29) is 24.0 Å². The molecule has 1 aromatic heterocycles. The predicted octanol–water partition coefficient (Wildman–Crippen LogP) is 3.65. The van der Waals surface area contributed by atoms with Crippen LogP contribution in [-0.4, -0.2) is 68.6 Å². The third-order valence-corrected chi connectivity index (χ3v) is 6.92. The number of rotatable bonds is 7. The molecule has 3 rings (SSSR count). The van der Waals surface area contributed by atoms with Crippen molar-refractivity contribution in [2.45, 2.75) is 39.2 Å². The van der Waals surface area contributed by atoms with Gasteiger partial charge in [-0.2, -0.15) is 0 Å². The van der Waals surface area contributed by atoms with E-state index < -0.39 is 0 Å². The van der Waals surface area contributed by atoms with Crippen molar-refractivity contribution in [1.82, 2.24) is 20.4 Å². The zero-order chi connectivity index (χ0) is 19.1. The summed E-state index contributed by atoms with van der Waals surface area (Å²) in [7, 11) is 2.21. The predicted molar refractivity (Wildman–Crippen MR) is 132 cm³/mol. The Morgan fingerprint density at radius 2 is 2.04 bits per heavy atom. The van der Waals surface area contributed by atoms with E-state index in [4.69, 9.17) is 4.99 Å². The minimum absolute atomic E-state index is 0. The standard InChI is InChI=1S/C21H37N5S.HI/c1-4-22-21(23-14-18-9-10-25(3)16-18)24-15-19(20-6-5-13-27-20)26-11-7-17(2)8-12-26;/h5-6,13,17-19H,4,7-12,14-16H2,1-3H3,(H2,22,23,24);1H. The summed E-state index contributed by atoms with van der Waals surface area (Å²) in [5, 5.41) is 9.22. The Kier molecular flexibility index (Phi) is 10.5. The fourth-order valence-corrected chi connectivity index (χ4v) is 5.01. The van der Waals surface area contributed by atoms with Crippen LogP contribution in [-0.2, 0) is 0 Å². The van der Waals surface area contributed by atoms with Crippen molar-refractivity contribution >= 4 is 41.3 Å². The molecule has 0 aromatic carbocycles. The van der Waals surface area contributed by atoms with Gasteiger partial charge in [0, 0.05) is 24.5 Å². The highest BCUT2D eigenvalue weighted by Crippen LogP contribution is 2.29. The van der Waals surface area contributed by atoms with Crippen molar-refractivity contribution in [3.63, 3.8) is 0 Å². The first kappa shape index (κ1) is 23.9. The molecule has 5 nitrogen and oxygen atoms in total. The maximum atomic E-state index is 4.99. The number of likely N-dealkylation sites (tertiary alicyclic amines) is 2. The molecule has 2 saturated heterocycles. The lowest BCUT2D eigenvalue weighted by Gasteiger charge is -2.35. The Bertz CT molecular complexity index is 571. The molecule has 0 radical (unpaired) electrons. The molecule has 2 unspecified atom stereocenters. The van der Waals surface area contributed by atoms with E-state index in [1.165, 1.54) is 50.3 Å². The van der Waals surface area contributed by atoms with Gasteiger partial charge in [0.05, 0.1) is 12.6 Å². The summed E-state index contributed by atoms with van der Waals surface area (Å²) in [6, 6.07) is 4.85. The number of piperidine rings is 1. The van der Waals surface area contributed by atoms with Gasteiger partial charge in [0.25, 0.3) is 0 Å². The number of hydrogen-bond acceptors (Lipinski definition) is 4. The van der Waals surface area contributed by atoms with Crippen molar-refractivity contribution < 1.29 is 0 Å². The van der Waals surface area contributed by atoms with E-state index in [0.717, 1.165) is 37.4 Å². The van der Waals surface area contributed by atoms with Gasteiger partial charge in [-0.3, -0.25) is 9.89 Å². The summed E-state index contributed by atoms with van der Waals surface area (Å²) in [5.74, 6) is 2.56. The van der Waals surface area contributed by atoms with Gasteiger partial charge in [0.1, 0.15) is 0 Å². The van der Waals surface area contributed by atoms with Crippen molar-refractivity contribution in [2.24, 2.45) is 16.8 Å². The van der Waals surface area contributed by atoms with Crippen molar-refractivity contribution in [3.05, 3.63) is 22.4 Å². The SMILES string of the molecule is CCNC(=NCC(c1cccs1)N1CCC(C)CC1)NCC1CCN(C)C1.I. The molecule has 2 atom stereocenters. The molecular weight excluding hydrogens is 481 g/mol. The van der Waals surface area contributed by atoms with E-state index in [2.05, 4.69) is 58.8 Å². The number of aliphatic imine (C=N–C) groups is 1. The van der Waals surface area contributed by atoms with Crippen LogP contribution in [0.15, 0.2) is 22.5 Å². The number of hydrogen-bond donors (Lipinski definition) is 2. The molecule has 3 heterocycles. The van der Waals surface area contributed by atoms with Crippen LogP contribution in [0.3, 0.4) is 0 Å². The number of guanidine groups is 1. The Labute approximate surface area is 192 Å². The first-order valence-corrected chi connectivity index (χ1v) is 11.5. The lowest BCUT2D eigenvalue weighted by atomic mass is 9.97. The summed E-state index contributed by atoms with van der Waals surface area (Å²) in [5.41, 5.74) is 0. The van der Waals surface area contributed by atoms with Gasteiger partial charge in [-0.15, -0.1) is 35.3 Å². The molecular formula is C21H38IN5S. The number of thiophene rings is 1. The molecule has 2 aliphatic rings. The van der Waals surface area contributed by atoms with Crippen molar-refractivity contribution in [1.29, 1.82) is 0 Å². The quantitative estimate of drug-likeness (QED) is 0.328. The average Bonchev–Trinajstić information content (AvgIpc) is 3.33. The van der Waals surface area contributed by atoms with Gasteiger partial charge in [0.2, 0.25) is 0 Å². The summed E-state index contributed by atoms with van der Waals surface area (Å²) >= 11 is 1.87. The summed E-state index contributed by atoms with van der Waals surface area (Å²) < 4.78 is 0. The van der Waals surface area contributed by atoms with Crippen LogP contribution in [0.4, 0.5) is 0 Å². The van der Waals surface area contributed by atoms with Crippen LogP contribution in [0.2, 0.25) is 0 Å². The fraction of sp³-hybridized carbons (Fsp3) is 0.762. The van der Waals surface area contributed by atoms with Gasteiger partial charge in [-0.1, -0.05) is 13.0 Å². The highest BCUT2D eigenvalue weighted by molar-refractivity contribution is 14.0. The maximum Gasteiger partial charge on any atom is 0.191 e. The largest absolute Gasteiger partial charge is 0.357 e. The molecule has 7 heteroatoms. The first-order chi connectivity index (χ1) is 13.2. The van der Waals surface area contributed by atoms with E-state index >= 15 is 0 Å². The summed E-state index contributed by atoms with van der Waals surface area (Å²) in [6.07, 6.45) is 3.89. The minimum Gasteiger partial charge on any atom is -0.357 e. The van der Waals surface area contributed by atoms with Gasteiger partial charge >= 0.3 is 0 Å². The normalized spacial score (nSPS) is 23.4. The molecule has 0 bridgehead atoms. The van der Waals surface area contributed by atoms with Crippen LogP contribution >= 0.6 is 35.3 Å². The molecule has 0 saturated carbocycles. The van der Waals surface area contributed by atoms with Crippen LogP contribution in [0.5, 0.6) is 0 Å². The lowest BCUT2D eigenvalue weighted by molar-refractivity contribution is 0.143. The summed E-state index contributed by atoms with van der Waals surface area (Å²) in [6.45, 7) is 12.1. The Balaban J connectivity index is 0.00000280. The summed E-state index contributed by atoms with van der Waals surface area (Å²) in [4.78, 5) is 11.5. The highest BCUT2D eigenvalue weighted by atomic mass is 127. The van der Waals surface area contributed by atoms with Crippen molar-refractivity contribution in [3.8, 4) is 0 Å². The van der Waals surface area contributed by atoms with Gasteiger partial charge < -0.3 is 15.5 Å². The zero-order valence-corrected chi connectivity index (χ0v) is 20.8. The molecule has 0 aliphatic carbocycles. The van der Waals surface area contributed by atoms with Crippen LogP contribution in [0, 0.1) is 11.8 Å². The lowest BCUT2D eigenvalue weighted by Crippen LogP contribution is -2.41. The Morgan fingerprint density at radius 3 is 2.64 bits per heavy atom. The van der Waals surface area contributed by atoms with Crippen LogP contribution in [0.25, 0.3) is 0 Å². The van der Waals surface area contributed by atoms with Gasteiger partial charge in [0.15, 0.2) is 5.96 Å². The monoisotopic (exact) mass is 519 g/mol. The number of nitrogens with zero attached hydrogens (tertiary/aromatic N) is 3. The van der Waals surface area contributed by atoms with Gasteiger partial charge in [-0.25, -0.2) is 0 Å². The fourth-order valence-electron chi connectivity index (χ4n) is 4.16. The first-order valence-electron chi connectivity index (χ1n) is 10.6. The third-order valence-electron chi connectivity index (χ3n) is 5.94. The van der Waals surface area contributed by atoms with Gasteiger partial charge in [-0.05, 0) is 76.2 Å². The molecule has 0 amide bonds. The minimum atomic E-state index is 0. The second-order valence-electron chi connectivity index (χ2n) is 8.27. The van der Waals surface area contributed by atoms with Crippen molar-refractivity contribution in [2.75, 3.05) is 52.9 Å². The molecule has 2 aliphatic heterocycles. The number of halogens is 1.